The number of Topliss-reactive ketones (excluding diaryl/α,β-unsaturated/α-hetero) is 1. The minimum atomic E-state index is -5.09. The Labute approximate surface area is 113 Å². The molecule has 1 rings (SSSR count). The Kier molecular flexibility index (Phi) is 5.69. The van der Waals surface area contributed by atoms with Crippen LogP contribution in [0.25, 0.3) is 0 Å². The summed E-state index contributed by atoms with van der Waals surface area (Å²) >= 11 is 0. The van der Waals surface area contributed by atoms with Crippen molar-refractivity contribution >= 4 is 11.8 Å². The summed E-state index contributed by atoms with van der Waals surface area (Å²) < 4.78 is 41.3. The standard InChI is InChI=1S/C13H14F3NO3/c14-13(15,16)11(18)10(8-17)12(19)20-7-6-9-4-2-1-3-5-9/h1-5,10H,6-8,17H2. The fourth-order valence-corrected chi connectivity index (χ4v) is 1.52. The van der Waals surface area contributed by atoms with Crippen LogP contribution >= 0.6 is 0 Å². The average molecular weight is 289 g/mol. The first kappa shape index (κ1) is 16.2. The van der Waals surface area contributed by atoms with E-state index in [1.807, 2.05) is 6.07 Å². The maximum atomic E-state index is 12.2. The van der Waals surface area contributed by atoms with E-state index >= 15 is 0 Å². The number of ether oxygens (including phenoxy) is 1. The molecule has 0 heterocycles. The van der Waals surface area contributed by atoms with Gasteiger partial charge in [0.25, 0.3) is 5.78 Å². The molecular weight excluding hydrogens is 275 g/mol. The second-order valence-electron chi connectivity index (χ2n) is 4.05. The number of rotatable bonds is 6. The van der Waals surface area contributed by atoms with Gasteiger partial charge in [-0.3, -0.25) is 9.59 Å². The molecule has 7 heteroatoms. The van der Waals surface area contributed by atoms with Gasteiger partial charge in [0.15, 0.2) is 0 Å². The van der Waals surface area contributed by atoms with Gasteiger partial charge in [0.05, 0.1) is 6.61 Å². The molecule has 0 saturated heterocycles. The Morgan fingerprint density at radius 3 is 2.30 bits per heavy atom. The topological polar surface area (TPSA) is 69.4 Å². The molecule has 0 aromatic heterocycles. The Morgan fingerprint density at radius 1 is 1.20 bits per heavy atom. The fourth-order valence-electron chi connectivity index (χ4n) is 1.52. The highest BCUT2D eigenvalue weighted by molar-refractivity contribution is 6.02. The van der Waals surface area contributed by atoms with Gasteiger partial charge in [0.1, 0.15) is 5.92 Å². The summed E-state index contributed by atoms with van der Waals surface area (Å²) in [6.45, 7) is -0.840. The summed E-state index contributed by atoms with van der Waals surface area (Å²) in [5.74, 6) is -5.42. The van der Waals surface area contributed by atoms with Crippen molar-refractivity contribution in [2.24, 2.45) is 11.7 Å². The molecule has 0 aliphatic rings. The van der Waals surface area contributed by atoms with Crippen LogP contribution < -0.4 is 5.73 Å². The Balaban J connectivity index is 2.50. The van der Waals surface area contributed by atoms with E-state index in [9.17, 15) is 22.8 Å². The summed E-state index contributed by atoms with van der Waals surface area (Å²) in [6, 6.07) is 8.95. The first-order chi connectivity index (χ1) is 9.36. The largest absolute Gasteiger partial charge is 0.465 e. The summed E-state index contributed by atoms with van der Waals surface area (Å²) in [5.41, 5.74) is 5.90. The first-order valence-electron chi connectivity index (χ1n) is 5.88. The van der Waals surface area contributed by atoms with E-state index in [-0.39, 0.29) is 6.61 Å². The van der Waals surface area contributed by atoms with Crippen molar-refractivity contribution in [3.05, 3.63) is 35.9 Å². The molecule has 110 valence electrons. The van der Waals surface area contributed by atoms with Gasteiger partial charge in [-0.15, -0.1) is 0 Å². The molecule has 1 unspecified atom stereocenters. The quantitative estimate of drug-likeness (QED) is 0.636. The van der Waals surface area contributed by atoms with Crippen molar-refractivity contribution in [1.82, 2.24) is 0 Å². The minimum absolute atomic E-state index is 0.107. The second-order valence-corrected chi connectivity index (χ2v) is 4.05. The van der Waals surface area contributed by atoms with Crippen molar-refractivity contribution in [1.29, 1.82) is 0 Å². The van der Waals surface area contributed by atoms with Crippen LogP contribution in [0.15, 0.2) is 30.3 Å². The number of halogens is 3. The smallest absolute Gasteiger partial charge is 0.450 e. The highest BCUT2D eigenvalue weighted by Gasteiger charge is 2.46. The van der Waals surface area contributed by atoms with Gasteiger partial charge in [0, 0.05) is 13.0 Å². The molecule has 0 aliphatic heterocycles. The van der Waals surface area contributed by atoms with Gasteiger partial charge in [0.2, 0.25) is 0 Å². The van der Waals surface area contributed by atoms with Crippen molar-refractivity contribution in [3.8, 4) is 0 Å². The number of hydrogen-bond donors (Lipinski definition) is 1. The second kappa shape index (κ2) is 7.04. The normalized spacial score (nSPS) is 12.8. The lowest BCUT2D eigenvalue weighted by molar-refractivity contribution is -0.180. The molecule has 0 radical (unpaired) electrons. The molecule has 0 saturated carbocycles. The number of carbonyl (C=O) groups excluding carboxylic acids is 2. The van der Waals surface area contributed by atoms with Crippen molar-refractivity contribution in [2.45, 2.75) is 12.6 Å². The first-order valence-corrected chi connectivity index (χ1v) is 5.88. The highest BCUT2D eigenvalue weighted by Crippen LogP contribution is 2.21. The maximum Gasteiger partial charge on any atom is 0.450 e. The number of esters is 1. The van der Waals surface area contributed by atoms with Crippen LogP contribution in [-0.2, 0) is 20.7 Å². The molecule has 0 fully saturated rings. The molecule has 1 aromatic rings. The SMILES string of the molecule is NCC(C(=O)OCCc1ccccc1)C(=O)C(F)(F)F. The number of nitrogens with two attached hydrogens (primary N) is 1. The van der Waals surface area contributed by atoms with Gasteiger partial charge in [-0.1, -0.05) is 30.3 Å². The number of ketones is 1. The molecule has 0 bridgehead atoms. The lowest BCUT2D eigenvalue weighted by atomic mass is 10.0. The third kappa shape index (κ3) is 4.65. The van der Waals surface area contributed by atoms with E-state index in [0.29, 0.717) is 6.42 Å². The Hall–Kier alpha value is -1.89. The van der Waals surface area contributed by atoms with Crippen molar-refractivity contribution < 1.29 is 27.5 Å². The van der Waals surface area contributed by atoms with Crippen LogP contribution in [0.1, 0.15) is 5.56 Å². The van der Waals surface area contributed by atoms with Crippen LogP contribution in [0.2, 0.25) is 0 Å². The van der Waals surface area contributed by atoms with Crippen LogP contribution in [0.4, 0.5) is 13.2 Å². The van der Waals surface area contributed by atoms with Gasteiger partial charge in [-0.25, -0.2) is 0 Å². The van der Waals surface area contributed by atoms with E-state index in [1.54, 1.807) is 24.3 Å². The van der Waals surface area contributed by atoms with Gasteiger partial charge in [-0.05, 0) is 5.56 Å². The van der Waals surface area contributed by atoms with E-state index in [1.165, 1.54) is 0 Å². The summed E-state index contributed by atoms with van der Waals surface area (Å²) in [6.07, 6.45) is -4.74. The van der Waals surface area contributed by atoms with Crippen molar-refractivity contribution in [2.75, 3.05) is 13.2 Å². The zero-order valence-corrected chi connectivity index (χ0v) is 10.5. The third-order valence-electron chi connectivity index (χ3n) is 2.59. The van der Waals surface area contributed by atoms with Crippen LogP contribution in [0.3, 0.4) is 0 Å². The summed E-state index contributed by atoms with van der Waals surface area (Å²) in [7, 11) is 0. The van der Waals surface area contributed by atoms with E-state index in [0.717, 1.165) is 5.56 Å². The minimum Gasteiger partial charge on any atom is -0.465 e. The fraction of sp³-hybridized carbons (Fsp3) is 0.385. The zero-order valence-electron chi connectivity index (χ0n) is 10.5. The summed E-state index contributed by atoms with van der Waals surface area (Å²) in [5, 5.41) is 0. The lowest BCUT2D eigenvalue weighted by Gasteiger charge is -2.14. The van der Waals surface area contributed by atoms with E-state index in [2.05, 4.69) is 4.74 Å². The number of carbonyl (C=O) groups is 2. The number of hydrogen-bond acceptors (Lipinski definition) is 4. The van der Waals surface area contributed by atoms with Gasteiger partial charge in [-0.2, -0.15) is 13.2 Å². The Bertz CT molecular complexity index is 460. The Morgan fingerprint density at radius 2 is 1.80 bits per heavy atom. The van der Waals surface area contributed by atoms with Crippen LogP contribution in [-0.4, -0.2) is 31.1 Å². The summed E-state index contributed by atoms with van der Waals surface area (Å²) in [4.78, 5) is 22.4. The number of benzene rings is 1. The molecule has 1 aromatic carbocycles. The lowest BCUT2D eigenvalue weighted by Crippen LogP contribution is -2.40. The molecular formula is C13H14F3NO3. The molecule has 4 nitrogen and oxygen atoms in total. The molecule has 1 atom stereocenters. The third-order valence-corrected chi connectivity index (χ3v) is 2.59. The molecule has 0 amide bonds. The molecule has 0 spiro atoms. The average Bonchev–Trinajstić information content (AvgIpc) is 2.39. The maximum absolute atomic E-state index is 12.2. The highest BCUT2D eigenvalue weighted by atomic mass is 19.4. The van der Waals surface area contributed by atoms with Gasteiger partial charge < -0.3 is 10.5 Å². The van der Waals surface area contributed by atoms with Crippen molar-refractivity contribution in [3.63, 3.8) is 0 Å². The van der Waals surface area contributed by atoms with Gasteiger partial charge >= 0.3 is 12.1 Å². The van der Waals surface area contributed by atoms with Crippen LogP contribution in [0.5, 0.6) is 0 Å². The molecule has 20 heavy (non-hydrogen) atoms. The predicted molar refractivity (Wildman–Crippen MR) is 64.7 cm³/mol. The van der Waals surface area contributed by atoms with E-state index in [4.69, 9.17) is 5.73 Å². The zero-order chi connectivity index (χ0) is 15.2. The molecule has 0 aliphatic carbocycles. The monoisotopic (exact) mass is 289 g/mol. The number of alkyl halides is 3. The van der Waals surface area contributed by atoms with Crippen LogP contribution in [0, 0.1) is 5.92 Å². The predicted octanol–water partition coefficient (Wildman–Crippen LogP) is 1.48. The molecule has 2 N–H and O–H groups in total. The van der Waals surface area contributed by atoms with E-state index < -0.39 is 30.4 Å².